The molecule has 2 aliphatic carbocycles. The fraction of sp³-hybridized carbons (Fsp3) is 0.667. The molecule has 28 heavy (non-hydrogen) atoms. The Hall–Kier alpha value is -1.22. The fourth-order valence-electron chi connectivity index (χ4n) is 5.42. The summed E-state index contributed by atoms with van der Waals surface area (Å²) in [7, 11) is 5.15. The van der Waals surface area contributed by atoms with Crippen molar-refractivity contribution < 1.29 is 14.2 Å². The van der Waals surface area contributed by atoms with Crippen molar-refractivity contribution in [2.24, 2.45) is 16.3 Å². The summed E-state index contributed by atoms with van der Waals surface area (Å²) in [5.74, 6) is 2.98. The molecule has 1 saturated heterocycles. The zero-order valence-corrected chi connectivity index (χ0v) is 19.3. The summed E-state index contributed by atoms with van der Waals surface area (Å²) in [6, 6.07) is 6.46. The van der Waals surface area contributed by atoms with Crippen LogP contribution >= 0.6 is 24.0 Å². The molecular weight excluding hydrogens is 469 g/mol. The van der Waals surface area contributed by atoms with Crippen LogP contribution in [-0.4, -0.2) is 46.0 Å². The van der Waals surface area contributed by atoms with Crippen LogP contribution in [-0.2, 0) is 11.3 Å². The molecule has 1 heterocycles. The van der Waals surface area contributed by atoms with Gasteiger partial charge in [0.25, 0.3) is 0 Å². The van der Waals surface area contributed by atoms with Crippen molar-refractivity contribution >= 4 is 29.9 Å². The SMILES string of the molecule is CN=C(NCc1ccc(OC)c(OC)c1)NC1C2CCOC2C12CCCC2.I. The largest absolute Gasteiger partial charge is 0.493 e. The Kier molecular flexibility index (Phi) is 6.96. The zero-order valence-electron chi connectivity index (χ0n) is 17.0. The number of hydrogen-bond acceptors (Lipinski definition) is 4. The molecule has 4 rings (SSSR count). The highest BCUT2D eigenvalue weighted by molar-refractivity contribution is 14.0. The van der Waals surface area contributed by atoms with E-state index in [2.05, 4.69) is 15.6 Å². The van der Waals surface area contributed by atoms with Crippen LogP contribution in [0.4, 0.5) is 0 Å². The monoisotopic (exact) mass is 501 g/mol. The van der Waals surface area contributed by atoms with E-state index in [-0.39, 0.29) is 24.0 Å². The van der Waals surface area contributed by atoms with Crippen molar-refractivity contribution in [1.82, 2.24) is 10.6 Å². The van der Waals surface area contributed by atoms with Crippen LogP contribution in [0.5, 0.6) is 11.5 Å². The minimum Gasteiger partial charge on any atom is -0.493 e. The highest BCUT2D eigenvalue weighted by Crippen LogP contribution is 2.60. The van der Waals surface area contributed by atoms with E-state index in [1.807, 2.05) is 25.2 Å². The van der Waals surface area contributed by atoms with E-state index < -0.39 is 0 Å². The van der Waals surface area contributed by atoms with Gasteiger partial charge in [0.2, 0.25) is 0 Å². The number of nitrogens with zero attached hydrogens (tertiary/aromatic N) is 1. The third kappa shape index (κ3) is 3.67. The summed E-state index contributed by atoms with van der Waals surface area (Å²) in [5, 5.41) is 7.19. The van der Waals surface area contributed by atoms with E-state index in [1.165, 1.54) is 25.7 Å². The number of benzene rings is 1. The number of methoxy groups -OCH3 is 2. The minimum atomic E-state index is 0. The van der Waals surface area contributed by atoms with Gasteiger partial charge >= 0.3 is 0 Å². The second-order valence-electron chi connectivity index (χ2n) is 7.92. The molecule has 1 aromatic rings. The van der Waals surface area contributed by atoms with Crippen LogP contribution in [0.1, 0.15) is 37.7 Å². The van der Waals surface area contributed by atoms with E-state index in [9.17, 15) is 0 Å². The third-order valence-electron chi connectivity index (χ3n) is 6.71. The predicted molar refractivity (Wildman–Crippen MR) is 121 cm³/mol. The maximum absolute atomic E-state index is 6.09. The van der Waals surface area contributed by atoms with Crippen LogP contribution in [0.15, 0.2) is 23.2 Å². The Morgan fingerprint density at radius 2 is 1.96 bits per heavy atom. The molecule has 156 valence electrons. The summed E-state index contributed by atoms with van der Waals surface area (Å²) in [6.07, 6.45) is 6.82. The number of rotatable bonds is 5. The molecule has 0 aromatic heterocycles. The van der Waals surface area contributed by atoms with Crippen molar-refractivity contribution in [3.8, 4) is 11.5 Å². The van der Waals surface area contributed by atoms with E-state index in [1.54, 1.807) is 14.2 Å². The second kappa shape index (κ2) is 9.07. The third-order valence-corrected chi connectivity index (χ3v) is 6.71. The van der Waals surface area contributed by atoms with Gasteiger partial charge in [0.05, 0.1) is 20.3 Å². The average molecular weight is 501 g/mol. The van der Waals surface area contributed by atoms with Crippen molar-refractivity contribution in [3.05, 3.63) is 23.8 Å². The fourth-order valence-corrected chi connectivity index (χ4v) is 5.42. The molecule has 1 spiro atoms. The maximum Gasteiger partial charge on any atom is 0.191 e. The molecule has 3 unspecified atom stereocenters. The first-order valence-corrected chi connectivity index (χ1v) is 10.0. The smallest absolute Gasteiger partial charge is 0.191 e. The highest BCUT2D eigenvalue weighted by atomic mass is 127. The number of aliphatic imine (C=N–C) groups is 1. The Morgan fingerprint density at radius 1 is 1.21 bits per heavy atom. The second-order valence-corrected chi connectivity index (χ2v) is 7.92. The van der Waals surface area contributed by atoms with Gasteiger partial charge in [-0.1, -0.05) is 18.9 Å². The molecule has 1 aromatic carbocycles. The van der Waals surface area contributed by atoms with E-state index in [4.69, 9.17) is 14.2 Å². The number of fused-ring (bicyclic) bond motifs is 2. The first-order chi connectivity index (χ1) is 13.2. The normalized spacial score (nSPS) is 27.5. The van der Waals surface area contributed by atoms with Gasteiger partial charge in [-0.15, -0.1) is 24.0 Å². The summed E-state index contributed by atoms with van der Waals surface area (Å²) in [4.78, 5) is 4.47. The number of ether oxygens (including phenoxy) is 3. The molecule has 3 aliphatic rings. The lowest BCUT2D eigenvalue weighted by Crippen LogP contribution is -2.69. The molecule has 3 fully saturated rings. The number of halogens is 1. The molecule has 2 saturated carbocycles. The van der Waals surface area contributed by atoms with Gasteiger partial charge in [-0.2, -0.15) is 0 Å². The lowest BCUT2D eigenvalue weighted by atomic mass is 9.54. The Bertz CT molecular complexity index is 706. The van der Waals surface area contributed by atoms with Crippen LogP contribution < -0.4 is 20.1 Å². The minimum absolute atomic E-state index is 0. The van der Waals surface area contributed by atoms with Crippen molar-refractivity contribution in [1.29, 1.82) is 0 Å². The van der Waals surface area contributed by atoms with E-state index in [0.29, 0.717) is 30.0 Å². The molecule has 1 aliphatic heterocycles. The molecule has 7 heteroatoms. The van der Waals surface area contributed by atoms with Gasteiger partial charge in [-0.05, 0) is 37.0 Å². The molecule has 0 amide bonds. The lowest BCUT2D eigenvalue weighted by Gasteiger charge is -2.57. The summed E-state index contributed by atoms with van der Waals surface area (Å²) in [5.41, 5.74) is 1.45. The molecular formula is C21H32IN3O3. The number of guanidine groups is 1. The molecule has 0 radical (unpaired) electrons. The number of nitrogens with one attached hydrogen (secondary N) is 2. The standard InChI is InChI=1S/C21H31N3O3.HI/c1-22-20(23-13-14-6-7-16(25-2)17(12-14)26-3)24-18-15-8-11-27-19(15)21(18)9-4-5-10-21;/h6-7,12,15,18-19H,4-5,8-11,13H2,1-3H3,(H2,22,23,24);1H. The van der Waals surface area contributed by atoms with Gasteiger partial charge in [0.1, 0.15) is 0 Å². The van der Waals surface area contributed by atoms with Crippen LogP contribution in [0.3, 0.4) is 0 Å². The van der Waals surface area contributed by atoms with Gasteiger partial charge in [0.15, 0.2) is 17.5 Å². The zero-order chi connectivity index (χ0) is 18.9. The molecule has 0 bridgehead atoms. The molecule has 2 N–H and O–H groups in total. The van der Waals surface area contributed by atoms with Crippen LogP contribution in [0.2, 0.25) is 0 Å². The summed E-state index contributed by atoms with van der Waals surface area (Å²) < 4.78 is 16.8. The first kappa shape index (κ1) is 21.5. The van der Waals surface area contributed by atoms with Crippen molar-refractivity contribution in [3.63, 3.8) is 0 Å². The summed E-state index contributed by atoms with van der Waals surface area (Å²) in [6.45, 7) is 1.59. The van der Waals surface area contributed by atoms with Gasteiger partial charge in [-0.3, -0.25) is 4.99 Å². The van der Waals surface area contributed by atoms with Crippen LogP contribution in [0.25, 0.3) is 0 Å². The van der Waals surface area contributed by atoms with E-state index >= 15 is 0 Å². The summed E-state index contributed by atoms with van der Waals surface area (Å²) >= 11 is 0. The van der Waals surface area contributed by atoms with Crippen molar-refractivity contribution in [2.45, 2.75) is 50.8 Å². The van der Waals surface area contributed by atoms with Crippen LogP contribution in [0, 0.1) is 11.3 Å². The predicted octanol–water partition coefficient (Wildman–Crippen LogP) is 3.33. The Morgan fingerprint density at radius 3 is 2.64 bits per heavy atom. The van der Waals surface area contributed by atoms with Gasteiger partial charge in [0, 0.05) is 37.6 Å². The van der Waals surface area contributed by atoms with Gasteiger partial charge in [-0.25, -0.2) is 0 Å². The Labute approximate surface area is 184 Å². The number of hydrogen-bond donors (Lipinski definition) is 2. The Balaban J connectivity index is 0.00000225. The van der Waals surface area contributed by atoms with Crippen molar-refractivity contribution in [2.75, 3.05) is 27.9 Å². The average Bonchev–Trinajstić information content (AvgIpc) is 3.36. The quantitative estimate of drug-likeness (QED) is 0.368. The van der Waals surface area contributed by atoms with Gasteiger partial charge < -0.3 is 24.8 Å². The molecule has 3 atom stereocenters. The topological polar surface area (TPSA) is 64.1 Å². The maximum atomic E-state index is 6.09. The highest BCUT2D eigenvalue weighted by Gasteiger charge is 2.65. The van der Waals surface area contributed by atoms with E-state index in [0.717, 1.165) is 36.0 Å². The first-order valence-electron chi connectivity index (χ1n) is 10.0. The lowest BCUT2D eigenvalue weighted by molar-refractivity contribution is -0.125. The molecule has 6 nitrogen and oxygen atoms in total.